The number of nitrogens with zero attached hydrogens (tertiary/aromatic N) is 5. The van der Waals surface area contributed by atoms with Gasteiger partial charge in [0.2, 0.25) is 0 Å². The molecule has 0 aliphatic heterocycles. The molecule has 0 radical (unpaired) electrons. The van der Waals surface area contributed by atoms with Gasteiger partial charge in [-0.1, -0.05) is 182 Å². The summed E-state index contributed by atoms with van der Waals surface area (Å²) >= 11 is 0. The summed E-state index contributed by atoms with van der Waals surface area (Å²) in [5.74, 6) is 1.84. The zero-order valence-electron chi connectivity index (χ0n) is 37.8. The minimum Gasteiger partial charge on any atom is -0.309 e. The van der Waals surface area contributed by atoms with Gasteiger partial charge >= 0.3 is 0 Å². The minimum absolute atomic E-state index is 0.600. The van der Waals surface area contributed by atoms with Crippen LogP contribution < -0.4 is 0 Å². The first kappa shape index (κ1) is 38.6. The Morgan fingerprint density at radius 3 is 1.57 bits per heavy atom. The van der Waals surface area contributed by atoms with Gasteiger partial charge in [-0.05, 0) is 103 Å². The Balaban J connectivity index is 1.00. The summed E-state index contributed by atoms with van der Waals surface area (Å²) in [6.07, 6.45) is 0. The molecule has 0 bridgehead atoms. The van der Waals surface area contributed by atoms with Crippen molar-refractivity contribution in [3.63, 3.8) is 0 Å². The normalized spacial score (nSPS) is 12.0. The molecule has 3 aromatic heterocycles. The summed E-state index contributed by atoms with van der Waals surface area (Å²) in [6.45, 7) is 0. The van der Waals surface area contributed by atoms with Crippen molar-refractivity contribution in [1.82, 2.24) is 24.1 Å². The largest absolute Gasteiger partial charge is 0.309 e. The van der Waals surface area contributed by atoms with Gasteiger partial charge in [-0.15, -0.1) is 0 Å². The van der Waals surface area contributed by atoms with Crippen LogP contribution in [0.25, 0.3) is 143 Å². The maximum atomic E-state index is 5.43. The first-order valence-corrected chi connectivity index (χ1v) is 23.8. The molecule has 12 aromatic carbocycles. The summed E-state index contributed by atoms with van der Waals surface area (Å²) in [5, 5.41) is 16.7. The summed E-state index contributed by atoms with van der Waals surface area (Å²) < 4.78 is 4.89. The molecule has 5 heteroatoms. The van der Waals surface area contributed by atoms with E-state index in [-0.39, 0.29) is 0 Å². The molecule has 0 amide bonds. The standard InChI is InChI=1S/C65H39N5/c1-2-16-43-35-47(28-25-40(43)13-1)63-66-64(48-30-32-51-46(36-48)27-26-41-14-5-7-19-50(41)51)68-65(67-63)56-22-10-12-24-59(56)70-60-38-45-18-4-3-17-44(45)37-57(60)54-34-31-49(39-61(54)70)69-58-23-11-9-21-53(58)55-33-29-42-15-6-8-20-52(42)62(55)69/h1-39H. The van der Waals surface area contributed by atoms with Crippen LogP contribution in [0.3, 0.4) is 0 Å². The van der Waals surface area contributed by atoms with E-state index in [9.17, 15) is 0 Å². The first-order chi connectivity index (χ1) is 34.7. The van der Waals surface area contributed by atoms with Gasteiger partial charge in [-0.3, -0.25) is 0 Å². The SMILES string of the molecule is c1ccc(-n2c3cc(-n4c5ccccc5c5ccc6ccccc6c54)ccc3c3cc4ccccc4cc32)c(-c2nc(-c3ccc4ccccc4c3)nc(-c3ccc4c(ccc5ccccc54)c3)n2)c1. The predicted octanol–water partition coefficient (Wildman–Crippen LogP) is 16.8. The zero-order chi connectivity index (χ0) is 45.9. The number of hydrogen-bond donors (Lipinski definition) is 0. The Hall–Kier alpha value is -9.45. The molecule has 0 aliphatic carbocycles. The van der Waals surface area contributed by atoms with Crippen LogP contribution in [0.15, 0.2) is 237 Å². The molecular formula is C65H39N5. The van der Waals surface area contributed by atoms with Crippen molar-refractivity contribution in [2.45, 2.75) is 0 Å². The molecule has 0 saturated heterocycles. The molecule has 0 unspecified atom stereocenters. The number of fused-ring (bicyclic) bond motifs is 13. The molecule has 0 atom stereocenters. The molecule has 0 aliphatic rings. The average Bonchev–Trinajstić information content (AvgIpc) is 3.94. The second-order valence-electron chi connectivity index (χ2n) is 18.4. The number of aromatic nitrogens is 5. The van der Waals surface area contributed by atoms with E-state index in [0.29, 0.717) is 17.5 Å². The summed E-state index contributed by atoms with van der Waals surface area (Å²) in [5.41, 5.74) is 9.40. The van der Waals surface area contributed by atoms with Crippen LogP contribution in [0.1, 0.15) is 0 Å². The van der Waals surface area contributed by atoms with Gasteiger partial charge < -0.3 is 9.13 Å². The minimum atomic E-state index is 0.600. The van der Waals surface area contributed by atoms with Crippen LogP contribution in [0.5, 0.6) is 0 Å². The van der Waals surface area contributed by atoms with Crippen molar-refractivity contribution in [1.29, 1.82) is 0 Å². The maximum absolute atomic E-state index is 5.43. The summed E-state index contributed by atoms with van der Waals surface area (Å²) in [6, 6.07) is 85.4. The van der Waals surface area contributed by atoms with Crippen LogP contribution in [0, 0.1) is 0 Å². The average molecular weight is 890 g/mol. The van der Waals surface area contributed by atoms with E-state index in [1.807, 2.05) is 0 Å². The lowest BCUT2D eigenvalue weighted by Gasteiger charge is -2.16. The summed E-state index contributed by atoms with van der Waals surface area (Å²) in [7, 11) is 0. The van der Waals surface area contributed by atoms with Crippen molar-refractivity contribution in [3.8, 4) is 45.5 Å². The van der Waals surface area contributed by atoms with E-state index in [4.69, 9.17) is 15.0 Å². The molecule has 15 rings (SSSR count). The highest BCUT2D eigenvalue weighted by Crippen LogP contribution is 2.42. The number of hydrogen-bond acceptors (Lipinski definition) is 3. The quantitative estimate of drug-likeness (QED) is 0.162. The molecule has 3 heterocycles. The monoisotopic (exact) mass is 889 g/mol. The van der Waals surface area contributed by atoms with E-state index in [0.717, 1.165) is 49.9 Å². The van der Waals surface area contributed by atoms with Crippen molar-refractivity contribution in [3.05, 3.63) is 237 Å². The zero-order valence-corrected chi connectivity index (χ0v) is 37.8. The van der Waals surface area contributed by atoms with Crippen LogP contribution >= 0.6 is 0 Å². The molecule has 0 fully saturated rings. The van der Waals surface area contributed by atoms with Crippen LogP contribution in [0.4, 0.5) is 0 Å². The van der Waals surface area contributed by atoms with Gasteiger partial charge in [0.25, 0.3) is 0 Å². The van der Waals surface area contributed by atoms with Gasteiger partial charge in [-0.25, -0.2) is 15.0 Å². The van der Waals surface area contributed by atoms with Crippen molar-refractivity contribution in [2.75, 3.05) is 0 Å². The third-order valence-corrected chi connectivity index (χ3v) is 14.5. The van der Waals surface area contributed by atoms with E-state index >= 15 is 0 Å². The smallest absolute Gasteiger partial charge is 0.166 e. The van der Waals surface area contributed by atoms with Crippen molar-refractivity contribution >= 4 is 97.5 Å². The number of para-hydroxylation sites is 2. The number of benzene rings is 12. The second kappa shape index (κ2) is 15.0. The first-order valence-electron chi connectivity index (χ1n) is 23.8. The molecule has 70 heavy (non-hydrogen) atoms. The van der Waals surface area contributed by atoms with Crippen molar-refractivity contribution in [2.24, 2.45) is 0 Å². The second-order valence-corrected chi connectivity index (χ2v) is 18.4. The fourth-order valence-electron chi connectivity index (χ4n) is 11.2. The Bertz CT molecular complexity index is 4670. The lowest BCUT2D eigenvalue weighted by Crippen LogP contribution is -2.04. The Morgan fingerprint density at radius 1 is 0.257 bits per heavy atom. The Labute approximate surface area is 401 Å². The molecule has 324 valence electrons. The fourth-order valence-corrected chi connectivity index (χ4v) is 11.2. The molecule has 0 spiro atoms. The van der Waals surface area contributed by atoms with Gasteiger partial charge in [0.05, 0.1) is 27.8 Å². The lowest BCUT2D eigenvalue weighted by atomic mass is 10.00. The predicted molar refractivity (Wildman–Crippen MR) is 292 cm³/mol. The molecule has 0 saturated carbocycles. The fraction of sp³-hybridized carbons (Fsp3) is 0. The van der Waals surface area contributed by atoms with Gasteiger partial charge in [-0.2, -0.15) is 0 Å². The Kier molecular flexibility index (Phi) is 8.29. The molecule has 5 nitrogen and oxygen atoms in total. The molecule has 0 N–H and O–H groups in total. The van der Waals surface area contributed by atoms with Gasteiger partial charge in [0, 0.05) is 49.3 Å². The van der Waals surface area contributed by atoms with Crippen LogP contribution in [-0.4, -0.2) is 24.1 Å². The maximum Gasteiger partial charge on any atom is 0.166 e. The van der Waals surface area contributed by atoms with E-state index < -0.39 is 0 Å². The molecule has 15 aromatic rings. The van der Waals surface area contributed by atoms with E-state index in [1.54, 1.807) is 0 Å². The van der Waals surface area contributed by atoms with Crippen molar-refractivity contribution < 1.29 is 0 Å². The van der Waals surface area contributed by atoms with E-state index in [2.05, 4.69) is 246 Å². The van der Waals surface area contributed by atoms with E-state index in [1.165, 1.54) is 75.7 Å². The highest BCUT2D eigenvalue weighted by molar-refractivity contribution is 6.19. The van der Waals surface area contributed by atoms with Gasteiger partial charge in [0.15, 0.2) is 17.5 Å². The number of rotatable bonds is 5. The lowest BCUT2D eigenvalue weighted by molar-refractivity contribution is 1.07. The summed E-state index contributed by atoms with van der Waals surface area (Å²) in [4.78, 5) is 16.1. The third-order valence-electron chi connectivity index (χ3n) is 14.5. The topological polar surface area (TPSA) is 48.5 Å². The highest BCUT2D eigenvalue weighted by Gasteiger charge is 2.22. The highest BCUT2D eigenvalue weighted by atomic mass is 15.1. The van der Waals surface area contributed by atoms with Crippen LogP contribution in [-0.2, 0) is 0 Å². The Morgan fingerprint density at radius 2 is 0.757 bits per heavy atom. The third kappa shape index (κ3) is 5.88. The van der Waals surface area contributed by atoms with Gasteiger partial charge in [0.1, 0.15) is 0 Å². The molecular weight excluding hydrogens is 851 g/mol. The van der Waals surface area contributed by atoms with Crippen LogP contribution in [0.2, 0.25) is 0 Å².